The lowest BCUT2D eigenvalue weighted by molar-refractivity contribution is -0.192. The molecule has 0 spiro atoms. The van der Waals surface area contributed by atoms with E-state index in [0.29, 0.717) is 6.42 Å². The van der Waals surface area contributed by atoms with Crippen LogP contribution in [0.15, 0.2) is 30.9 Å². The molecule has 32 heavy (non-hydrogen) atoms. The summed E-state index contributed by atoms with van der Waals surface area (Å²) < 4.78 is 31.7. The first kappa shape index (κ1) is 23.5. The second kappa shape index (κ2) is 9.51. The van der Waals surface area contributed by atoms with Crippen molar-refractivity contribution >= 4 is 34.2 Å². The zero-order valence-electron chi connectivity index (χ0n) is 17.3. The molecule has 0 amide bonds. The number of carboxylic acid groups (broad SMARTS) is 1. The summed E-state index contributed by atoms with van der Waals surface area (Å²) in [5.41, 5.74) is 7.05. The molecule has 3 N–H and O–H groups in total. The number of aromatic nitrogens is 2. The number of carbonyl (C=O) groups is 2. The molecule has 11 heteroatoms. The average Bonchev–Trinajstić information content (AvgIpc) is 3.12. The van der Waals surface area contributed by atoms with E-state index in [-0.39, 0.29) is 11.8 Å². The number of alkyl halides is 3. The minimum Gasteiger partial charge on any atom is -0.475 e. The summed E-state index contributed by atoms with van der Waals surface area (Å²) >= 11 is 0. The van der Waals surface area contributed by atoms with Crippen LogP contribution in [-0.2, 0) is 16.0 Å². The topological polar surface area (TPSA) is 113 Å². The molecule has 2 saturated heterocycles. The monoisotopic (exact) mass is 451 g/mol. The predicted molar refractivity (Wildman–Crippen MR) is 114 cm³/mol. The quantitative estimate of drug-likeness (QED) is 0.666. The van der Waals surface area contributed by atoms with E-state index in [4.69, 9.17) is 15.6 Å². The van der Waals surface area contributed by atoms with Gasteiger partial charge in [0.2, 0.25) is 0 Å². The summed E-state index contributed by atoms with van der Waals surface area (Å²) in [6, 6.07) is 6.35. The first-order chi connectivity index (χ1) is 15.1. The molecule has 2 fully saturated rings. The van der Waals surface area contributed by atoms with Crippen LogP contribution >= 0.6 is 0 Å². The van der Waals surface area contributed by atoms with Crippen molar-refractivity contribution in [2.75, 3.05) is 36.0 Å². The molecular weight excluding hydrogens is 427 g/mol. The average molecular weight is 451 g/mol. The lowest BCUT2D eigenvalue weighted by atomic mass is 10.0. The third-order valence-electron chi connectivity index (χ3n) is 5.33. The Kier molecular flexibility index (Phi) is 6.97. The molecule has 0 bridgehead atoms. The van der Waals surface area contributed by atoms with Gasteiger partial charge in [-0.25, -0.2) is 4.79 Å². The van der Waals surface area contributed by atoms with E-state index in [0.717, 1.165) is 60.6 Å². The molecule has 0 radical (unpaired) electrons. The first-order valence-electron chi connectivity index (χ1n) is 10.1. The molecule has 0 unspecified atom stereocenters. The molecule has 3 heterocycles. The van der Waals surface area contributed by atoms with E-state index >= 15 is 0 Å². The number of fused-ring (bicyclic) bond motifs is 1. The summed E-state index contributed by atoms with van der Waals surface area (Å²) in [4.78, 5) is 25.1. The largest absolute Gasteiger partial charge is 0.490 e. The van der Waals surface area contributed by atoms with Gasteiger partial charge in [0.05, 0.1) is 0 Å². The normalized spacial score (nSPS) is 18.1. The maximum absolute atomic E-state index is 11.7. The molecule has 4 rings (SSSR count). The number of carboxylic acids is 1. The Balaban J connectivity index is 0.000000360. The molecule has 2 aliphatic heterocycles. The number of aliphatic carboxylic acids is 1. The van der Waals surface area contributed by atoms with E-state index in [1.807, 2.05) is 6.07 Å². The fourth-order valence-corrected chi connectivity index (χ4v) is 3.53. The van der Waals surface area contributed by atoms with Crippen LogP contribution in [0.1, 0.15) is 18.4 Å². The smallest absolute Gasteiger partial charge is 0.475 e. The van der Waals surface area contributed by atoms with Crippen LogP contribution in [0.2, 0.25) is 0 Å². The van der Waals surface area contributed by atoms with Gasteiger partial charge in [0.25, 0.3) is 0 Å². The highest BCUT2D eigenvalue weighted by Crippen LogP contribution is 2.34. The maximum Gasteiger partial charge on any atom is 0.490 e. The summed E-state index contributed by atoms with van der Waals surface area (Å²) in [6.45, 7) is 7.29. The number of allylic oxidation sites excluding steroid dienone is 1. The van der Waals surface area contributed by atoms with Gasteiger partial charge in [-0.15, -0.1) is 10.2 Å². The Morgan fingerprint density at radius 2 is 1.78 bits per heavy atom. The second-order valence-corrected chi connectivity index (χ2v) is 7.71. The Hall–Kier alpha value is -3.21. The van der Waals surface area contributed by atoms with Crippen molar-refractivity contribution in [1.82, 2.24) is 10.2 Å². The Labute approximate surface area is 182 Å². The number of carbonyl (C=O) groups excluding carboxylic acids is 1. The summed E-state index contributed by atoms with van der Waals surface area (Å²) in [5.74, 6) is -0.916. The van der Waals surface area contributed by atoms with Crippen LogP contribution in [0.3, 0.4) is 0 Å². The van der Waals surface area contributed by atoms with Crippen molar-refractivity contribution in [2.24, 2.45) is 5.73 Å². The standard InChI is InChI=1S/C19H23N5O.C2HF3O2/c1-2-15(25)10-13-4-5-16-17(11-13)19(23-7-3-8-23)22-21-18(16)24-9-6-14(20)12-24;3-2(4,5)1(6)7/h2,4-5,11,14H,1,3,6-10,12,20H2;(H,6,7)/t14-;/m1./s1. The molecular formula is C21H24F3N5O3. The number of hydrogen-bond donors (Lipinski definition) is 2. The van der Waals surface area contributed by atoms with Gasteiger partial charge in [-0.3, -0.25) is 4.79 Å². The number of benzene rings is 1. The SMILES string of the molecule is C=CC(=O)Cc1ccc2c(N3CC[C@@H](N)C3)nnc(N3CCC3)c2c1.O=C(O)C(F)(F)F. The van der Waals surface area contributed by atoms with E-state index in [2.05, 4.69) is 38.7 Å². The lowest BCUT2D eigenvalue weighted by Crippen LogP contribution is -2.38. The predicted octanol–water partition coefficient (Wildman–Crippen LogP) is 2.31. The van der Waals surface area contributed by atoms with Gasteiger partial charge in [0.1, 0.15) is 0 Å². The van der Waals surface area contributed by atoms with Crippen molar-refractivity contribution in [1.29, 1.82) is 0 Å². The van der Waals surface area contributed by atoms with Crippen LogP contribution in [0.5, 0.6) is 0 Å². The molecule has 2 aromatic rings. The Morgan fingerprint density at radius 1 is 1.16 bits per heavy atom. The minimum absolute atomic E-state index is 0.0256. The highest BCUT2D eigenvalue weighted by atomic mass is 19.4. The van der Waals surface area contributed by atoms with Gasteiger partial charge in [-0.05, 0) is 30.5 Å². The van der Waals surface area contributed by atoms with Crippen molar-refractivity contribution in [2.45, 2.75) is 31.5 Å². The maximum atomic E-state index is 11.7. The van der Waals surface area contributed by atoms with Gasteiger partial charge >= 0.3 is 12.1 Å². The van der Waals surface area contributed by atoms with Crippen LogP contribution in [0, 0.1) is 0 Å². The first-order valence-corrected chi connectivity index (χ1v) is 10.1. The highest BCUT2D eigenvalue weighted by molar-refractivity contribution is 6.00. The van der Waals surface area contributed by atoms with Gasteiger partial charge in [-0.1, -0.05) is 18.7 Å². The minimum atomic E-state index is -5.08. The van der Waals surface area contributed by atoms with E-state index in [9.17, 15) is 18.0 Å². The zero-order valence-corrected chi connectivity index (χ0v) is 17.3. The second-order valence-electron chi connectivity index (χ2n) is 7.71. The molecule has 172 valence electrons. The van der Waals surface area contributed by atoms with E-state index in [1.54, 1.807) is 0 Å². The summed E-state index contributed by atoms with van der Waals surface area (Å²) in [5, 5.41) is 18.3. The van der Waals surface area contributed by atoms with Crippen LogP contribution in [0.4, 0.5) is 24.8 Å². The lowest BCUT2D eigenvalue weighted by Gasteiger charge is -2.33. The number of halogens is 3. The number of rotatable bonds is 5. The number of hydrogen-bond acceptors (Lipinski definition) is 7. The number of nitrogens with two attached hydrogens (primary N) is 1. The summed E-state index contributed by atoms with van der Waals surface area (Å²) in [7, 11) is 0. The third kappa shape index (κ3) is 5.34. The van der Waals surface area contributed by atoms with Crippen molar-refractivity contribution in [3.63, 3.8) is 0 Å². The van der Waals surface area contributed by atoms with Gasteiger partial charge < -0.3 is 20.6 Å². The fourth-order valence-electron chi connectivity index (χ4n) is 3.53. The molecule has 1 aromatic heterocycles. The van der Waals surface area contributed by atoms with Crippen molar-refractivity contribution < 1.29 is 27.9 Å². The van der Waals surface area contributed by atoms with Crippen LogP contribution < -0.4 is 15.5 Å². The molecule has 0 aliphatic carbocycles. The van der Waals surface area contributed by atoms with Crippen molar-refractivity contribution in [3.8, 4) is 0 Å². The Morgan fingerprint density at radius 3 is 2.25 bits per heavy atom. The van der Waals surface area contributed by atoms with Crippen LogP contribution in [-0.4, -0.2) is 65.5 Å². The zero-order chi connectivity index (χ0) is 23.5. The molecule has 2 aliphatic rings. The van der Waals surface area contributed by atoms with Gasteiger partial charge in [0.15, 0.2) is 17.4 Å². The molecule has 0 saturated carbocycles. The number of ketones is 1. The van der Waals surface area contributed by atoms with Crippen molar-refractivity contribution in [3.05, 3.63) is 36.4 Å². The molecule has 8 nitrogen and oxygen atoms in total. The van der Waals surface area contributed by atoms with Gasteiger partial charge in [-0.2, -0.15) is 13.2 Å². The molecule has 1 aromatic carbocycles. The number of nitrogens with zero attached hydrogens (tertiary/aromatic N) is 4. The Bertz CT molecular complexity index is 1020. The molecule has 1 atom stereocenters. The fraction of sp³-hybridized carbons (Fsp3) is 0.429. The van der Waals surface area contributed by atoms with E-state index < -0.39 is 12.1 Å². The van der Waals surface area contributed by atoms with Gasteiger partial charge in [0, 0.05) is 49.4 Å². The number of anilines is 2. The van der Waals surface area contributed by atoms with Crippen LogP contribution in [0.25, 0.3) is 10.8 Å². The summed E-state index contributed by atoms with van der Waals surface area (Å²) in [6.07, 6.45) is -1.18. The third-order valence-corrected chi connectivity index (χ3v) is 5.33. The highest BCUT2D eigenvalue weighted by Gasteiger charge is 2.38. The van der Waals surface area contributed by atoms with E-state index in [1.165, 1.54) is 12.5 Å².